The van der Waals surface area contributed by atoms with Crippen molar-refractivity contribution in [2.75, 3.05) is 19.8 Å². The highest BCUT2D eigenvalue weighted by molar-refractivity contribution is 6.30. The number of likely N-dealkylation sites (tertiary alicyclic amines) is 1. The lowest BCUT2D eigenvalue weighted by atomic mass is 9.94. The maximum atomic E-state index is 12.3. The Bertz CT molecular complexity index is 727. The fourth-order valence-electron chi connectivity index (χ4n) is 3.31. The fraction of sp³-hybridized carbons (Fsp3) is 0.524. The number of carboxylic acids is 1. The summed E-state index contributed by atoms with van der Waals surface area (Å²) in [6, 6.07) is 7.52. The smallest absolute Gasteiger partial charge is 0.329 e. The molecule has 1 aromatic carbocycles. The van der Waals surface area contributed by atoms with Crippen LogP contribution in [0.25, 0.3) is 0 Å². The number of amides is 1. The molecule has 1 saturated heterocycles. The summed E-state index contributed by atoms with van der Waals surface area (Å²) in [7, 11) is 0. The predicted molar refractivity (Wildman–Crippen MR) is 106 cm³/mol. The summed E-state index contributed by atoms with van der Waals surface area (Å²) in [5.74, 6) is 4.66. The molecule has 2 unspecified atom stereocenters. The number of hydrogen-bond acceptors (Lipinski definition) is 4. The number of carboxylic acid groups (broad SMARTS) is 1. The van der Waals surface area contributed by atoms with Crippen molar-refractivity contribution in [3.05, 3.63) is 34.9 Å². The van der Waals surface area contributed by atoms with Gasteiger partial charge in [-0.3, -0.25) is 4.79 Å². The van der Waals surface area contributed by atoms with Crippen LogP contribution in [0.5, 0.6) is 0 Å². The molecule has 1 aromatic rings. The van der Waals surface area contributed by atoms with Crippen LogP contribution in [-0.4, -0.2) is 58.9 Å². The van der Waals surface area contributed by atoms with Gasteiger partial charge in [0, 0.05) is 17.5 Å². The van der Waals surface area contributed by atoms with E-state index in [0.717, 1.165) is 18.4 Å². The zero-order valence-electron chi connectivity index (χ0n) is 15.8. The van der Waals surface area contributed by atoms with Crippen LogP contribution < -0.4 is 0 Å². The molecule has 7 heteroatoms. The van der Waals surface area contributed by atoms with E-state index in [0.29, 0.717) is 37.3 Å². The van der Waals surface area contributed by atoms with Crippen LogP contribution in [0.2, 0.25) is 5.02 Å². The molecule has 0 saturated carbocycles. The number of carbonyl (C=O) groups excluding carboxylic acids is 1. The molecule has 0 spiro atoms. The van der Waals surface area contributed by atoms with Gasteiger partial charge in [-0.25, -0.2) is 4.79 Å². The quantitative estimate of drug-likeness (QED) is 0.485. The number of halogens is 1. The molecule has 1 amide bonds. The van der Waals surface area contributed by atoms with Gasteiger partial charge in [-0.2, -0.15) is 0 Å². The van der Waals surface area contributed by atoms with E-state index < -0.39 is 12.1 Å². The molecule has 1 aliphatic heterocycles. The number of benzene rings is 1. The summed E-state index contributed by atoms with van der Waals surface area (Å²) in [6.07, 6.45) is 3.60. The minimum atomic E-state index is -1.04. The van der Waals surface area contributed by atoms with E-state index in [2.05, 4.69) is 11.8 Å². The van der Waals surface area contributed by atoms with Crippen molar-refractivity contribution in [3.63, 3.8) is 0 Å². The highest BCUT2D eigenvalue weighted by atomic mass is 35.5. The molecule has 2 atom stereocenters. The van der Waals surface area contributed by atoms with Crippen LogP contribution in [0.3, 0.4) is 0 Å². The minimum absolute atomic E-state index is 0.0251. The van der Waals surface area contributed by atoms with Crippen LogP contribution in [0.15, 0.2) is 24.3 Å². The van der Waals surface area contributed by atoms with E-state index >= 15 is 0 Å². The molecule has 1 aliphatic rings. The van der Waals surface area contributed by atoms with Gasteiger partial charge in [0.25, 0.3) is 0 Å². The van der Waals surface area contributed by atoms with Gasteiger partial charge in [-0.05, 0) is 49.8 Å². The maximum absolute atomic E-state index is 12.3. The summed E-state index contributed by atoms with van der Waals surface area (Å²) in [6.45, 7) is -0.0634. The van der Waals surface area contributed by atoms with Crippen molar-refractivity contribution < 1.29 is 24.5 Å². The van der Waals surface area contributed by atoms with Crippen LogP contribution in [-0.2, 0) is 20.7 Å². The van der Waals surface area contributed by atoms with Crippen molar-refractivity contribution in [1.82, 2.24) is 4.90 Å². The minimum Gasteiger partial charge on any atom is -0.480 e. The molecule has 0 aliphatic carbocycles. The lowest BCUT2D eigenvalue weighted by Gasteiger charge is -2.35. The van der Waals surface area contributed by atoms with Crippen molar-refractivity contribution in [3.8, 4) is 11.8 Å². The number of nitrogens with zero attached hydrogens (tertiary/aromatic N) is 1. The third-order valence-electron chi connectivity index (χ3n) is 4.66. The number of ether oxygens (including phenoxy) is 1. The fourth-order valence-corrected chi connectivity index (χ4v) is 3.53. The Morgan fingerprint density at radius 1 is 1.39 bits per heavy atom. The molecule has 2 N–H and O–H groups in total. The van der Waals surface area contributed by atoms with E-state index in [1.54, 1.807) is 11.0 Å². The van der Waals surface area contributed by atoms with Gasteiger partial charge in [0.15, 0.2) is 0 Å². The van der Waals surface area contributed by atoms with Gasteiger partial charge >= 0.3 is 5.97 Å². The first-order valence-electron chi connectivity index (χ1n) is 9.43. The number of aliphatic hydroxyl groups is 1. The Hall–Kier alpha value is -2.07. The van der Waals surface area contributed by atoms with E-state index in [-0.39, 0.29) is 25.2 Å². The van der Waals surface area contributed by atoms with Crippen LogP contribution in [0.4, 0.5) is 0 Å². The molecule has 0 aromatic heterocycles. The largest absolute Gasteiger partial charge is 0.480 e. The summed E-state index contributed by atoms with van der Waals surface area (Å²) in [5.41, 5.74) is 0.990. The molecule has 0 radical (unpaired) electrons. The second-order valence-electron chi connectivity index (χ2n) is 6.87. The average molecular weight is 408 g/mol. The molecule has 1 fully saturated rings. The Morgan fingerprint density at radius 3 is 2.96 bits per heavy atom. The molecule has 28 heavy (non-hydrogen) atoms. The van der Waals surface area contributed by atoms with Gasteiger partial charge in [-0.15, -0.1) is 0 Å². The summed E-state index contributed by atoms with van der Waals surface area (Å²) in [4.78, 5) is 24.4. The number of aliphatic carboxylic acids is 1. The molecule has 2 rings (SSSR count). The Balaban J connectivity index is 1.81. The number of aliphatic hydroxyl groups excluding tert-OH is 1. The number of rotatable bonds is 9. The van der Waals surface area contributed by atoms with E-state index in [4.69, 9.17) is 21.4 Å². The normalized spacial score (nSPS) is 17.7. The highest BCUT2D eigenvalue weighted by Gasteiger charge is 2.27. The van der Waals surface area contributed by atoms with Crippen LogP contribution >= 0.6 is 11.6 Å². The number of piperidine rings is 1. The number of hydrogen-bond donors (Lipinski definition) is 2. The Morgan fingerprint density at radius 2 is 2.21 bits per heavy atom. The average Bonchev–Trinajstić information content (AvgIpc) is 2.64. The monoisotopic (exact) mass is 407 g/mol. The first-order valence-corrected chi connectivity index (χ1v) is 9.80. The third-order valence-corrected chi connectivity index (χ3v) is 4.89. The molecular formula is C21H26ClNO5. The SMILES string of the molecule is O=C(O)COCC#CCN1C(=O)CCCC1CCC(O)Cc1cccc(Cl)c1. The van der Waals surface area contributed by atoms with E-state index in [1.165, 1.54) is 0 Å². The lowest BCUT2D eigenvalue weighted by Crippen LogP contribution is -2.44. The topological polar surface area (TPSA) is 87.1 Å². The molecular weight excluding hydrogens is 382 g/mol. The van der Waals surface area contributed by atoms with Crippen molar-refractivity contribution >= 4 is 23.5 Å². The second-order valence-corrected chi connectivity index (χ2v) is 7.31. The first-order chi connectivity index (χ1) is 13.5. The van der Waals surface area contributed by atoms with E-state index in [1.807, 2.05) is 18.2 Å². The van der Waals surface area contributed by atoms with Crippen LogP contribution in [0.1, 0.15) is 37.7 Å². The molecule has 0 bridgehead atoms. The maximum Gasteiger partial charge on any atom is 0.329 e. The third kappa shape index (κ3) is 7.89. The molecule has 6 nitrogen and oxygen atoms in total. The summed E-state index contributed by atoms with van der Waals surface area (Å²) in [5, 5.41) is 19.5. The van der Waals surface area contributed by atoms with E-state index in [9.17, 15) is 14.7 Å². The standard InChI is InChI=1S/C21H26ClNO5/c22-17-6-3-5-16(13-17)14-19(24)10-9-18-7-4-8-20(25)23(18)11-1-2-12-28-15-21(26)27/h3,5-6,13,18-19,24H,4,7-12,14-15H2,(H,26,27). The van der Waals surface area contributed by atoms with Gasteiger partial charge in [0.05, 0.1) is 12.6 Å². The highest BCUT2D eigenvalue weighted by Crippen LogP contribution is 2.23. The van der Waals surface area contributed by atoms with Gasteiger partial charge < -0.3 is 19.8 Å². The zero-order chi connectivity index (χ0) is 20.4. The summed E-state index contributed by atoms with van der Waals surface area (Å²) >= 11 is 5.98. The van der Waals surface area contributed by atoms with Gasteiger partial charge in [0.1, 0.15) is 13.2 Å². The molecule has 1 heterocycles. The van der Waals surface area contributed by atoms with Gasteiger partial charge in [-0.1, -0.05) is 35.6 Å². The Labute approximate surface area is 170 Å². The number of carbonyl (C=O) groups is 2. The Kier molecular flexibility index (Phi) is 9.29. The van der Waals surface area contributed by atoms with Crippen molar-refractivity contribution in [2.24, 2.45) is 0 Å². The second kappa shape index (κ2) is 11.7. The first kappa shape index (κ1) is 22.2. The van der Waals surface area contributed by atoms with Gasteiger partial charge in [0.2, 0.25) is 5.91 Å². The zero-order valence-corrected chi connectivity index (χ0v) is 16.5. The summed E-state index contributed by atoms with van der Waals surface area (Å²) < 4.78 is 4.86. The van der Waals surface area contributed by atoms with Crippen molar-refractivity contribution in [1.29, 1.82) is 0 Å². The predicted octanol–water partition coefficient (Wildman–Crippen LogP) is 2.51. The lowest BCUT2D eigenvalue weighted by molar-refractivity contribution is -0.141. The molecule has 152 valence electrons. The van der Waals surface area contributed by atoms with Crippen LogP contribution in [0, 0.1) is 11.8 Å². The van der Waals surface area contributed by atoms with Crippen molar-refractivity contribution in [2.45, 2.75) is 50.7 Å².